The molecule has 1 N–H and O–H groups in total. The Morgan fingerprint density at radius 3 is 2.38 bits per heavy atom. The zero-order chi connectivity index (χ0) is 15.2. The summed E-state index contributed by atoms with van der Waals surface area (Å²) in [4.78, 5) is 2.12. The van der Waals surface area contributed by atoms with Gasteiger partial charge in [0.2, 0.25) is 0 Å². The molecule has 0 saturated carbocycles. The first-order valence-electron chi connectivity index (χ1n) is 6.74. The number of halogens is 1. The first-order valence-corrected chi connectivity index (χ1v) is 6.74. The van der Waals surface area contributed by atoms with Crippen molar-refractivity contribution in [2.24, 2.45) is 0 Å². The molecule has 3 nitrogen and oxygen atoms in total. The summed E-state index contributed by atoms with van der Waals surface area (Å²) in [7, 11) is 4.07. The summed E-state index contributed by atoms with van der Waals surface area (Å²) in [6.07, 6.45) is 0. The fraction of sp³-hybridized carbons (Fsp3) is 0.235. The Balaban J connectivity index is 1.98. The Labute approximate surface area is 124 Å². The van der Waals surface area contributed by atoms with Crippen LogP contribution in [0, 0.1) is 17.1 Å². The standard InChI is InChI=1S/C17H18FN3/c1-21(2)12-13-3-6-16(7-4-13)20-11-14-5-8-17(18)15(9-14)10-19/h3-9,20H,11-12H2,1-2H3. The molecule has 0 unspecified atom stereocenters. The third-order valence-electron chi connectivity index (χ3n) is 3.10. The summed E-state index contributed by atoms with van der Waals surface area (Å²) < 4.78 is 13.2. The van der Waals surface area contributed by atoms with E-state index in [1.165, 1.54) is 11.6 Å². The lowest BCUT2D eigenvalue weighted by Gasteiger charge is -2.11. The van der Waals surface area contributed by atoms with Gasteiger partial charge in [-0.05, 0) is 49.5 Å². The molecular weight excluding hydrogens is 265 g/mol. The number of nitrogens with one attached hydrogen (secondary N) is 1. The molecule has 21 heavy (non-hydrogen) atoms. The monoisotopic (exact) mass is 283 g/mol. The summed E-state index contributed by atoms with van der Waals surface area (Å²) in [5.41, 5.74) is 3.21. The fourth-order valence-corrected chi connectivity index (χ4v) is 2.07. The van der Waals surface area contributed by atoms with Crippen molar-refractivity contribution in [1.29, 1.82) is 5.26 Å². The minimum Gasteiger partial charge on any atom is -0.381 e. The average Bonchev–Trinajstić information content (AvgIpc) is 2.47. The van der Waals surface area contributed by atoms with Gasteiger partial charge in [0, 0.05) is 18.8 Å². The van der Waals surface area contributed by atoms with Crippen molar-refractivity contribution < 1.29 is 4.39 Å². The lowest BCUT2D eigenvalue weighted by molar-refractivity contribution is 0.402. The number of rotatable bonds is 5. The van der Waals surface area contributed by atoms with Crippen LogP contribution in [0.4, 0.5) is 10.1 Å². The predicted octanol–water partition coefficient (Wildman–Crippen LogP) is 3.37. The van der Waals surface area contributed by atoms with Crippen LogP contribution in [-0.2, 0) is 13.1 Å². The van der Waals surface area contributed by atoms with Gasteiger partial charge in [0.15, 0.2) is 0 Å². The third-order valence-corrected chi connectivity index (χ3v) is 3.10. The minimum atomic E-state index is -0.478. The van der Waals surface area contributed by atoms with E-state index in [1.54, 1.807) is 12.1 Å². The zero-order valence-electron chi connectivity index (χ0n) is 12.2. The van der Waals surface area contributed by atoms with Gasteiger partial charge in [-0.25, -0.2) is 4.39 Å². The van der Waals surface area contributed by atoms with Gasteiger partial charge in [0.1, 0.15) is 11.9 Å². The second-order valence-electron chi connectivity index (χ2n) is 5.21. The van der Waals surface area contributed by atoms with E-state index in [2.05, 4.69) is 22.3 Å². The molecule has 0 amide bonds. The molecule has 2 aromatic rings. The van der Waals surface area contributed by atoms with Crippen molar-refractivity contribution in [3.8, 4) is 6.07 Å². The highest BCUT2D eigenvalue weighted by Crippen LogP contribution is 2.14. The van der Waals surface area contributed by atoms with Crippen LogP contribution in [0.5, 0.6) is 0 Å². The number of nitrogens with zero attached hydrogens (tertiary/aromatic N) is 2. The molecule has 4 heteroatoms. The van der Waals surface area contributed by atoms with E-state index in [4.69, 9.17) is 5.26 Å². The summed E-state index contributed by atoms with van der Waals surface area (Å²) in [6.45, 7) is 1.46. The molecule has 0 bridgehead atoms. The first kappa shape index (κ1) is 15.0. The van der Waals surface area contributed by atoms with E-state index in [0.29, 0.717) is 6.54 Å². The normalized spacial score (nSPS) is 10.4. The van der Waals surface area contributed by atoms with E-state index < -0.39 is 5.82 Å². The highest BCUT2D eigenvalue weighted by Gasteiger charge is 2.03. The van der Waals surface area contributed by atoms with E-state index in [-0.39, 0.29) is 5.56 Å². The maximum atomic E-state index is 13.2. The van der Waals surface area contributed by atoms with Crippen LogP contribution in [0.25, 0.3) is 0 Å². The molecule has 2 rings (SSSR count). The second-order valence-corrected chi connectivity index (χ2v) is 5.21. The van der Waals surface area contributed by atoms with Crippen LogP contribution < -0.4 is 5.32 Å². The van der Waals surface area contributed by atoms with Gasteiger partial charge in [-0.3, -0.25) is 0 Å². The summed E-state index contributed by atoms with van der Waals surface area (Å²) >= 11 is 0. The molecule has 108 valence electrons. The molecule has 0 heterocycles. The Hall–Kier alpha value is -2.38. The largest absolute Gasteiger partial charge is 0.381 e. The highest BCUT2D eigenvalue weighted by molar-refractivity contribution is 5.45. The van der Waals surface area contributed by atoms with E-state index in [9.17, 15) is 4.39 Å². The predicted molar refractivity (Wildman–Crippen MR) is 82.3 cm³/mol. The van der Waals surface area contributed by atoms with Crippen molar-refractivity contribution >= 4 is 5.69 Å². The molecule has 0 aliphatic carbocycles. The molecule has 2 aromatic carbocycles. The van der Waals surface area contributed by atoms with Gasteiger partial charge in [-0.2, -0.15) is 5.26 Å². The Bertz CT molecular complexity index is 642. The third kappa shape index (κ3) is 4.30. The van der Waals surface area contributed by atoms with E-state index in [1.807, 2.05) is 32.3 Å². The average molecular weight is 283 g/mol. The number of nitriles is 1. The lowest BCUT2D eigenvalue weighted by Crippen LogP contribution is -2.10. The maximum Gasteiger partial charge on any atom is 0.140 e. The zero-order valence-corrected chi connectivity index (χ0v) is 12.2. The first-order chi connectivity index (χ1) is 10.1. The van der Waals surface area contributed by atoms with Crippen LogP contribution in [0.3, 0.4) is 0 Å². The quantitative estimate of drug-likeness (QED) is 0.914. The minimum absolute atomic E-state index is 0.0793. The van der Waals surface area contributed by atoms with Crippen LogP contribution in [0.15, 0.2) is 42.5 Å². The van der Waals surface area contributed by atoms with Gasteiger partial charge < -0.3 is 10.2 Å². The SMILES string of the molecule is CN(C)Cc1ccc(NCc2ccc(F)c(C#N)c2)cc1. The van der Waals surface area contributed by atoms with Crippen LogP contribution in [0.2, 0.25) is 0 Å². The van der Waals surface area contributed by atoms with Crippen LogP contribution in [-0.4, -0.2) is 19.0 Å². The van der Waals surface area contributed by atoms with Crippen molar-refractivity contribution in [2.45, 2.75) is 13.1 Å². The number of hydrogen-bond donors (Lipinski definition) is 1. The molecule has 0 saturated heterocycles. The fourth-order valence-electron chi connectivity index (χ4n) is 2.07. The van der Waals surface area contributed by atoms with Gasteiger partial charge in [-0.1, -0.05) is 18.2 Å². The molecular formula is C17H18FN3. The maximum absolute atomic E-state index is 13.2. The molecule has 0 aromatic heterocycles. The summed E-state index contributed by atoms with van der Waals surface area (Å²) in [5.74, 6) is -0.478. The van der Waals surface area contributed by atoms with Gasteiger partial charge >= 0.3 is 0 Å². The lowest BCUT2D eigenvalue weighted by atomic mass is 10.1. The van der Waals surface area contributed by atoms with Crippen molar-refractivity contribution in [1.82, 2.24) is 4.90 Å². The Morgan fingerprint density at radius 2 is 1.76 bits per heavy atom. The van der Waals surface area contributed by atoms with E-state index in [0.717, 1.165) is 17.8 Å². The molecule has 0 spiro atoms. The van der Waals surface area contributed by atoms with Crippen molar-refractivity contribution in [3.63, 3.8) is 0 Å². The van der Waals surface area contributed by atoms with E-state index >= 15 is 0 Å². The Morgan fingerprint density at radius 1 is 1.10 bits per heavy atom. The van der Waals surface area contributed by atoms with Crippen LogP contribution in [0.1, 0.15) is 16.7 Å². The smallest absolute Gasteiger partial charge is 0.140 e. The molecule has 0 aliphatic heterocycles. The molecule has 0 aliphatic rings. The number of anilines is 1. The van der Waals surface area contributed by atoms with Gasteiger partial charge in [0.25, 0.3) is 0 Å². The van der Waals surface area contributed by atoms with Gasteiger partial charge in [0.05, 0.1) is 5.56 Å². The molecule has 0 radical (unpaired) electrons. The summed E-state index contributed by atoms with van der Waals surface area (Å²) in [6, 6.07) is 14.6. The molecule has 0 atom stereocenters. The van der Waals surface area contributed by atoms with Crippen molar-refractivity contribution in [2.75, 3.05) is 19.4 Å². The van der Waals surface area contributed by atoms with Gasteiger partial charge in [-0.15, -0.1) is 0 Å². The number of benzene rings is 2. The second kappa shape index (κ2) is 6.87. The highest BCUT2D eigenvalue weighted by atomic mass is 19.1. The summed E-state index contributed by atoms with van der Waals surface area (Å²) in [5, 5.41) is 12.1. The number of hydrogen-bond acceptors (Lipinski definition) is 3. The molecule has 0 fully saturated rings. The Kier molecular flexibility index (Phi) is 4.91. The topological polar surface area (TPSA) is 39.1 Å². The van der Waals surface area contributed by atoms with Crippen molar-refractivity contribution in [3.05, 3.63) is 65.0 Å². The van der Waals surface area contributed by atoms with Crippen LogP contribution >= 0.6 is 0 Å².